The molecule has 2 aromatic rings. The number of nitrogens with zero attached hydrogens (tertiary/aromatic N) is 3. The maximum atomic E-state index is 12.8. The second-order valence-corrected chi connectivity index (χ2v) is 8.61. The summed E-state index contributed by atoms with van der Waals surface area (Å²) >= 11 is 0. The number of rotatable bonds is 10. The van der Waals surface area contributed by atoms with Crippen LogP contribution in [0.25, 0.3) is 0 Å². The van der Waals surface area contributed by atoms with Gasteiger partial charge in [-0.15, -0.1) is 0 Å². The molecule has 1 heterocycles. The zero-order valence-electron chi connectivity index (χ0n) is 21.3. The van der Waals surface area contributed by atoms with Crippen molar-refractivity contribution in [1.29, 1.82) is 0 Å². The SMILES string of the molecule is CCN(CC)C(=O)c1ccc([C@H](c2cccc(NC(=O)OC)c2)N2CCN(CCOC)CC2)cc1. The van der Waals surface area contributed by atoms with Crippen molar-refractivity contribution in [2.24, 2.45) is 0 Å². The number of hydrogen-bond donors (Lipinski definition) is 1. The number of methoxy groups -OCH3 is 2. The lowest BCUT2D eigenvalue weighted by Gasteiger charge is -2.40. The van der Waals surface area contributed by atoms with E-state index in [9.17, 15) is 9.59 Å². The van der Waals surface area contributed by atoms with E-state index >= 15 is 0 Å². The highest BCUT2D eigenvalue weighted by Gasteiger charge is 2.27. The average Bonchev–Trinajstić information content (AvgIpc) is 2.89. The minimum Gasteiger partial charge on any atom is -0.453 e. The van der Waals surface area contributed by atoms with Crippen molar-refractivity contribution < 1.29 is 19.1 Å². The van der Waals surface area contributed by atoms with Crippen LogP contribution in [0.15, 0.2) is 48.5 Å². The number of amides is 2. The van der Waals surface area contributed by atoms with E-state index in [4.69, 9.17) is 9.47 Å². The predicted molar refractivity (Wildman–Crippen MR) is 138 cm³/mol. The first-order valence-corrected chi connectivity index (χ1v) is 12.3. The van der Waals surface area contributed by atoms with Gasteiger partial charge in [0.25, 0.3) is 5.91 Å². The van der Waals surface area contributed by atoms with Crippen molar-refractivity contribution in [3.63, 3.8) is 0 Å². The molecule has 1 atom stereocenters. The quantitative estimate of drug-likeness (QED) is 0.557. The number of carbonyl (C=O) groups is 2. The molecule has 0 radical (unpaired) electrons. The predicted octanol–water partition coefficient (Wildman–Crippen LogP) is 3.70. The van der Waals surface area contributed by atoms with Gasteiger partial charge < -0.3 is 14.4 Å². The molecule has 1 N–H and O–H groups in total. The van der Waals surface area contributed by atoms with E-state index in [1.165, 1.54) is 7.11 Å². The number of anilines is 1. The molecule has 0 aliphatic carbocycles. The van der Waals surface area contributed by atoms with Gasteiger partial charge in [-0.05, 0) is 49.2 Å². The highest BCUT2D eigenvalue weighted by Crippen LogP contribution is 2.31. The molecule has 8 nitrogen and oxygen atoms in total. The largest absolute Gasteiger partial charge is 0.453 e. The van der Waals surface area contributed by atoms with Crippen molar-refractivity contribution in [1.82, 2.24) is 14.7 Å². The summed E-state index contributed by atoms with van der Waals surface area (Å²) in [5.74, 6) is 0.0501. The van der Waals surface area contributed by atoms with Crippen LogP contribution in [0, 0.1) is 0 Å². The molecule has 0 bridgehead atoms. The van der Waals surface area contributed by atoms with Crippen molar-refractivity contribution in [3.8, 4) is 0 Å². The van der Waals surface area contributed by atoms with E-state index in [1.807, 2.05) is 49.1 Å². The summed E-state index contributed by atoms with van der Waals surface area (Å²) in [6, 6.07) is 15.8. The molecular weight excluding hydrogens is 444 g/mol. The van der Waals surface area contributed by atoms with Crippen molar-refractivity contribution in [2.75, 3.05) is 72.0 Å². The Bertz CT molecular complexity index is 954. The monoisotopic (exact) mass is 482 g/mol. The fourth-order valence-corrected chi connectivity index (χ4v) is 4.54. The van der Waals surface area contributed by atoms with Crippen molar-refractivity contribution in [3.05, 3.63) is 65.2 Å². The number of piperazine rings is 1. The first-order valence-electron chi connectivity index (χ1n) is 12.3. The fraction of sp³-hybridized carbons (Fsp3) is 0.481. The van der Waals surface area contributed by atoms with Crippen LogP contribution in [0.1, 0.15) is 41.4 Å². The van der Waals surface area contributed by atoms with Gasteiger partial charge in [0.2, 0.25) is 0 Å². The Morgan fingerprint density at radius 3 is 2.26 bits per heavy atom. The lowest BCUT2D eigenvalue weighted by atomic mass is 9.95. The molecule has 3 rings (SSSR count). The molecular formula is C27H38N4O4. The van der Waals surface area contributed by atoms with E-state index < -0.39 is 6.09 Å². The van der Waals surface area contributed by atoms with Gasteiger partial charge >= 0.3 is 6.09 Å². The molecule has 0 aromatic heterocycles. The summed E-state index contributed by atoms with van der Waals surface area (Å²) in [5, 5.41) is 2.77. The van der Waals surface area contributed by atoms with Crippen molar-refractivity contribution in [2.45, 2.75) is 19.9 Å². The third kappa shape index (κ3) is 7.04. The third-order valence-electron chi connectivity index (χ3n) is 6.54. The number of hydrogen-bond acceptors (Lipinski definition) is 6. The molecule has 1 saturated heterocycles. The summed E-state index contributed by atoms with van der Waals surface area (Å²) in [7, 11) is 3.09. The molecule has 2 aromatic carbocycles. The van der Waals surface area contributed by atoms with E-state index in [2.05, 4.69) is 33.3 Å². The van der Waals surface area contributed by atoms with Crippen LogP contribution in [-0.2, 0) is 9.47 Å². The number of ether oxygens (including phenoxy) is 2. The topological polar surface area (TPSA) is 74.4 Å². The summed E-state index contributed by atoms with van der Waals surface area (Å²) in [4.78, 5) is 31.3. The van der Waals surface area contributed by atoms with Gasteiger partial charge in [0.1, 0.15) is 0 Å². The van der Waals surface area contributed by atoms with Gasteiger partial charge in [-0.2, -0.15) is 0 Å². The molecule has 0 unspecified atom stereocenters. The lowest BCUT2D eigenvalue weighted by Crippen LogP contribution is -2.48. The molecule has 0 spiro atoms. The Morgan fingerprint density at radius 1 is 0.971 bits per heavy atom. The first kappa shape index (κ1) is 26.7. The van der Waals surface area contributed by atoms with Gasteiger partial charge in [-0.1, -0.05) is 24.3 Å². The van der Waals surface area contributed by atoms with Gasteiger partial charge in [-0.3, -0.25) is 19.9 Å². The van der Waals surface area contributed by atoms with Crippen LogP contribution in [0.3, 0.4) is 0 Å². The minimum atomic E-state index is -0.496. The van der Waals surface area contributed by atoms with Crippen LogP contribution in [0.5, 0.6) is 0 Å². The lowest BCUT2D eigenvalue weighted by molar-refractivity contribution is 0.0772. The normalized spacial score (nSPS) is 15.4. The molecule has 0 saturated carbocycles. The molecule has 2 amide bonds. The van der Waals surface area contributed by atoms with Gasteiger partial charge in [0.05, 0.1) is 19.8 Å². The van der Waals surface area contributed by atoms with Crippen LogP contribution < -0.4 is 5.32 Å². The Balaban J connectivity index is 1.88. The summed E-state index contributed by atoms with van der Waals surface area (Å²) < 4.78 is 10.0. The zero-order chi connectivity index (χ0) is 25.2. The van der Waals surface area contributed by atoms with E-state index in [1.54, 1.807) is 7.11 Å². The highest BCUT2D eigenvalue weighted by molar-refractivity contribution is 5.94. The van der Waals surface area contributed by atoms with Crippen LogP contribution >= 0.6 is 0 Å². The van der Waals surface area contributed by atoms with E-state index in [-0.39, 0.29) is 11.9 Å². The Labute approximate surface area is 208 Å². The average molecular weight is 483 g/mol. The third-order valence-corrected chi connectivity index (χ3v) is 6.54. The van der Waals surface area contributed by atoms with Gasteiger partial charge in [0.15, 0.2) is 0 Å². The van der Waals surface area contributed by atoms with E-state index in [0.29, 0.717) is 24.3 Å². The van der Waals surface area contributed by atoms with Crippen molar-refractivity contribution >= 4 is 17.7 Å². The highest BCUT2D eigenvalue weighted by atomic mass is 16.5. The molecule has 190 valence electrons. The minimum absolute atomic E-state index is 0.00317. The maximum absolute atomic E-state index is 12.8. The fourth-order valence-electron chi connectivity index (χ4n) is 4.54. The molecule has 8 heteroatoms. The van der Waals surface area contributed by atoms with Crippen LogP contribution in [0.4, 0.5) is 10.5 Å². The second-order valence-electron chi connectivity index (χ2n) is 8.61. The molecule has 1 aliphatic rings. The molecule has 35 heavy (non-hydrogen) atoms. The van der Waals surface area contributed by atoms with Gasteiger partial charge in [0, 0.05) is 64.2 Å². The standard InChI is InChI=1S/C27H38N4O4/c1-5-30(6-2)26(32)22-12-10-21(11-13-22)25(31-16-14-29(15-17-31)18-19-34-3)23-8-7-9-24(20-23)28-27(33)35-4/h7-13,20,25H,5-6,14-19H2,1-4H3,(H,28,33)/t25-/m1/s1. The summed E-state index contributed by atoms with van der Waals surface area (Å²) in [6.07, 6.45) is -0.496. The Kier molecular flexibility index (Phi) is 10.1. The second kappa shape index (κ2) is 13.2. The first-order chi connectivity index (χ1) is 17.0. The van der Waals surface area contributed by atoms with Crippen LogP contribution in [-0.4, -0.2) is 93.3 Å². The maximum Gasteiger partial charge on any atom is 0.411 e. The molecule has 1 fully saturated rings. The number of benzene rings is 2. The molecule has 1 aliphatic heterocycles. The zero-order valence-corrected chi connectivity index (χ0v) is 21.3. The Morgan fingerprint density at radius 2 is 1.66 bits per heavy atom. The van der Waals surface area contributed by atoms with E-state index in [0.717, 1.165) is 50.5 Å². The summed E-state index contributed by atoms with van der Waals surface area (Å²) in [5.41, 5.74) is 3.57. The number of carbonyl (C=O) groups excluding carboxylic acids is 2. The van der Waals surface area contributed by atoms with Gasteiger partial charge in [-0.25, -0.2) is 4.79 Å². The smallest absolute Gasteiger partial charge is 0.411 e. The van der Waals surface area contributed by atoms with Crippen LogP contribution in [0.2, 0.25) is 0 Å². The Hall–Kier alpha value is -2.94. The number of nitrogens with one attached hydrogen (secondary N) is 1. The summed E-state index contributed by atoms with van der Waals surface area (Å²) in [6.45, 7) is 10.7.